The Morgan fingerprint density at radius 3 is 2.58 bits per heavy atom. The molecule has 1 aliphatic carbocycles. The number of rotatable bonds is 5. The highest BCUT2D eigenvalue weighted by atomic mass is 16.2. The predicted octanol–water partition coefficient (Wildman–Crippen LogP) is 4.81. The first-order valence-corrected chi connectivity index (χ1v) is 12.3. The SMILES string of the molecule is CCCN1C(=O)c2c(-n3cccc3)c3cc(C)ccc3n2C[C@]1(C)C(=O)NC1CCCCC1. The van der Waals surface area contributed by atoms with E-state index in [9.17, 15) is 9.59 Å². The number of aryl methyl sites for hydroxylation is 1. The van der Waals surface area contributed by atoms with Crippen molar-refractivity contribution in [2.75, 3.05) is 6.54 Å². The maximum absolute atomic E-state index is 14.1. The van der Waals surface area contributed by atoms with Crippen molar-refractivity contribution < 1.29 is 9.59 Å². The number of nitrogens with zero attached hydrogens (tertiary/aromatic N) is 3. The van der Waals surface area contributed by atoms with E-state index in [4.69, 9.17) is 0 Å². The second-order valence-electron chi connectivity index (χ2n) is 9.93. The van der Waals surface area contributed by atoms with Gasteiger partial charge in [0, 0.05) is 30.4 Å². The van der Waals surface area contributed by atoms with Gasteiger partial charge in [-0.15, -0.1) is 0 Å². The number of benzene rings is 1. The molecule has 1 N–H and O–H groups in total. The monoisotopic (exact) mass is 446 g/mol. The minimum Gasteiger partial charge on any atom is -0.351 e. The third-order valence-corrected chi connectivity index (χ3v) is 7.44. The first-order chi connectivity index (χ1) is 15.9. The smallest absolute Gasteiger partial charge is 0.273 e. The molecule has 1 fully saturated rings. The van der Waals surface area contributed by atoms with Crippen LogP contribution in [0.15, 0.2) is 42.7 Å². The fourth-order valence-electron chi connectivity index (χ4n) is 5.68. The van der Waals surface area contributed by atoms with Crippen LogP contribution < -0.4 is 5.32 Å². The number of fused-ring (bicyclic) bond motifs is 3. The van der Waals surface area contributed by atoms with Gasteiger partial charge in [-0.1, -0.05) is 37.8 Å². The third-order valence-electron chi connectivity index (χ3n) is 7.44. The Hall–Kier alpha value is -3.02. The maximum atomic E-state index is 14.1. The Morgan fingerprint density at radius 1 is 1.15 bits per heavy atom. The predicted molar refractivity (Wildman–Crippen MR) is 131 cm³/mol. The van der Waals surface area contributed by atoms with Gasteiger partial charge >= 0.3 is 0 Å². The zero-order valence-electron chi connectivity index (χ0n) is 19.9. The summed E-state index contributed by atoms with van der Waals surface area (Å²) in [5, 5.41) is 4.35. The summed E-state index contributed by atoms with van der Waals surface area (Å²) in [6.45, 7) is 7.08. The van der Waals surface area contributed by atoms with Crippen LogP contribution in [0, 0.1) is 6.92 Å². The Morgan fingerprint density at radius 2 is 1.88 bits per heavy atom. The molecule has 3 heterocycles. The lowest BCUT2D eigenvalue weighted by Crippen LogP contribution is -2.65. The topological polar surface area (TPSA) is 59.3 Å². The highest BCUT2D eigenvalue weighted by Gasteiger charge is 2.49. The van der Waals surface area contributed by atoms with Crippen LogP contribution in [0.4, 0.5) is 0 Å². The number of aromatic nitrogens is 2. The molecular weight excluding hydrogens is 412 g/mol. The van der Waals surface area contributed by atoms with E-state index in [0.29, 0.717) is 18.8 Å². The van der Waals surface area contributed by atoms with Crippen molar-refractivity contribution in [2.45, 2.75) is 77.4 Å². The van der Waals surface area contributed by atoms with Crippen molar-refractivity contribution in [1.82, 2.24) is 19.4 Å². The fourth-order valence-corrected chi connectivity index (χ4v) is 5.68. The van der Waals surface area contributed by atoms with Crippen molar-refractivity contribution in [3.05, 3.63) is 54.0 Å². The molecule has 174 valence electrons. The van der Waals surface area contributed by atoms with E-state index in [1.165, 1.54) is 6.42 Å². The minimum absolute atomic E-state index is 0.0293. The maximum Gasteiger partial charge on any atom is 0.273 e. The summed E-state index contributed by atoms with van der Waals surface area (Å²) in [5.74, 6) is -0.0970. The molecule has 1 atom stereocenters. The molecule has 1 saturated carbocycles. The summed E-state index contributed by atoms with van der Waals surface area (Å²) in [7, 11) is 0. The molecule has 0 radical (unpaired) electrons. The van der Waals surface area contributed by atoms with Crippen molar-refractivity contribution in [3.8, 4) is 5.69 Å². The molecule has 0 saturated heterocycles. The second kappa shape index (κ2) is 8.40. The Bertz CT molecular complexity index is 1190. The van der Waals surface area contributed by atoms with Gasteiger partial charge in [-0.2, -0.15) is 0 Å². The van der Waals surface area contributed by atoms with Crippen molar-refractivity contribution in [1.29, 1.82) is 0 Å². The Kier molecular flexibility index (Phi) is 5.55. The number of hydrogen-bond donors (Lipinski definition) is 1. The standard InChI is InChI=1S/C27H34N4O2/c1-4-14-31-25(32)24-23(29-15-8-9-16-29)21-17-19(2)12-13-22(21)30(24)18-27(31,3)26(33)28-20-10-6-5-7-11-20/h8-9,12-13,15-17,20H,4-7,10-11,14,18H2,1-3H3,(H,28,33)/t27-/m1/s1. The van der Waals surface area contributed by atoms with E-state index < -0.39 is 5.54 Å². The third kappa shape index (κ3) is 3.56. The van der Waals surface area contributed by atoms with E-state index in [0.717, 1.165) is 54.3 Å². The van der Waals surface area contributed by atoms with Gasteiger partial charge in [0.05, 0.1) is 17.7 Å². The van der Waals surface area contributed by atoms with Gasteiger partial charge in [-0.3, -0.25) is 9.59 Å². The molecule has 1 aromatic carbocycles. The molecule has 0 bridgehead atoms. The molecular formula is C27H34N4O2. The van der Waals surface area contributed by atoms with E-state index >= 15 is 0 Å². The van der Waals surface area contributed by atoms with Gasteiger partial charge < -0.3 is 19.4 Å². The summed E-state index contributed by atoms with van der Waals surface area (Å²) >= 11 is 0. The highest BCUT2D eigenvalue weighted by Crippen LogP contribution is 2.38. The largest absolute Gasteiger partial charge is 0.351 e. The highest BCUT2D eigenvalue weighted by molar-refractivity contribution is 6.09. The number of hydrogen-bond acceptors (Lipinski definition) is 2. The molecule has 2 amide bonds. The van der Waals surface area contributed by atoms with Gasteiger partial charge in [-0.25, -0.2) is 0 Å². The summed E-state index contributed by atoms with van der Waals surface area (Å²) in [4.78, 5) is 29.7. The molecule has 1 aliphatic heterocycles. The summed E-state index contributed by atoms with van der Waals surface area (Å²) in [6.07, 6.45) is 10.4. The van der Waals surface area contributed by atoms with E-state index in [2.05, 4.69) is 41.9 Å². The molecule has 5 rings (SSSR count). The summed E-state index contributed by atoms with van der Waals surface area (Å²) in [6, 6.07) is 10.5. The van der Waals surface area contributed by atoms with Gasteiger partial charge in [0.15, 0.2) is 0 Å². The van der Waals surface area contributed by atoms with Crippen LogP contribution in [-0.2, 0) is 11.3 Å². The minimum atomic E-state index is -0.928. The first-order valence-electron chi connectivity index (χ1n) is 12.3. The molecule has 2 aliphatic rings. The van der Waals surface area contributed by atoms with Gasteiger partial charge in [-0.05, 0) is 57.4 Å². The summed E-state index contributed by atoms with van der Waals surface area (Å²) < 4.78 is 4.11. The number of carbonyl (C=O) groups excluding carboxylic acids is 2. The Labute approximate surface area is 195 Å². The van der Waals surface area contributed by atoms with Crippen LogP contribution >= 0.6 is 0 Å². The van der Waals surface area contributed by atoms with E-state index in [-0.39, 0.29) is 17.9 Å². The normalized spacial score (nSPS) is 21.4. The molecule has 0 unspecified atom stereocenters. The zero-order chi connectivity index (χ0) is 23.2. The molecule has 3 aromatic rings. The van der Waals surface area contributed by atoms with Crippen LogP contribution in [0.3, 0.4) is 0 Å². The van der Waals surface area contributed by atoms with Crippen LogP contribution in [0.25, 0.3) is 16.6 Å². The van der Waals surface area contributed by atoms with Gasteiger partial charge in [0.25, 0.3) is 5.91 Å². The lowest BCUT2D eigenvalue weighted by Gasteiger charge is -2.45. The van der Waals surface area contributed by atoms with Crippen LogP contribution in [-0.4, -0.2) is 44.0 Å². The second-order valence-corrected chi connectivity index (χ2v) is 9.93. The summed E-state index contributed by atoms with van der Waals surface area (Å²) in [5.41, 5.74) is 2.79. The number of amides is 2. The number of nitrogens with one attached hydrogen (secondary N) is 1. The molecule has 6 nitrogen and oxygen atoms in total. The molecule has 33 heavy (non-hydrogen) atoms. The lowest BCUT2D eigenvalue weighted by molar-refractivity contribution is -0.133. The molecule has 6 heteroatoms. The quantitative estimate of drug-likeness (QED) is 0.611. The Balaban J connectivity index is 1.65. The zero-order valence-corrected chi connectivity index (χ0v) is 19.9. The molecule has 2 aromatic heterocycles. The van der Waals surface area contributed by atoms with Gasteiger partial charge in [0.1, 0.15) is 11.2 Å². The lowest BCUT2D eigenvalue weighted by atomic mass is 9.91. The van der Waals surface area contributed by atoms with Crippen molar-refractivity contribution in [2.24, 2.45) is 0 Å². The van der Waals surface area contributed by atoms with E-state index in [1.54, 1.807) is 0 Å². The average Bonchev–Trinajstić information content (AvgIpc) is 3.43. The van der Waals surface area contributed by atoms with Crippen LogP contribution in [0.5, 0.6) is 0 Å². The van der Waals surface area contributed by atoms with Crippen molar-refractivity contribution in [3.63, 3.8) is 0 Å². The first kappa shape index (κ1) is 21.8. The molecule has 0 spiro atoms. The van der Waals surface area contributed by atoms with E-state index in [1.807, 2.05) is 40.9 Å². The average molecular weight is 447 g/mol. The van der Waals surface area contributed by atoms with Crippen LogP contribution in [0.1, 0.15) is 68.4 Å². The number of carbonyl (C=O) groups is 2. The van der Waals surface area contributed by atoms with Crippen LogP contribution in [0.2, 0.25) is 0 Å². The van der Waals surface area contributed by atoms with Gasteiger partial charge in [0.2, 0.25) is 5.91 Å². The fraction of sp³-hybridized carbons (Fsp3) is 0.481. The van der Waals surface area contributed by atoms with Crippen molar-refractivity contribution >= 4 is 22.7 Å².